The molecular formula is C23H44N2O2. The number of nitrogens with zero attached hydrogens (tertiary/aromatic N) is 1. The zero-order chi connectivity index (χ0) is 19.6. The standard InChI is InChI=1S/C23H44N2O2/c1-2-3-4-5-6-7-8-9-10-11-12-13-14-15-16-17-22(27)23-24-18-19-25(23)20-21-26/h9-10,23-24,26H,2-8,11-21H2,1H3/b10-9-. The predicted molar refractivity (Wildman–Crippen MR) is 115 cm³/mol. The first-order valence-corrected chi connectivity index (χ1v) is 11.6. The maximum absolute atomic E-state index is 12.3. The van der Waals surface area contributed by atoms with E-state index in [4.69, 9.17) is 5.11 Å². The lowest BCUT2D eigenvalue weighted by Gasteiger charge is -2.21. The highest BCUT2D eigenvalue weighted by Gasteiger charge is 2.28. The summed E-state index contributed by atoms with van der Waals surface area (Å²) < 4.78 is 0. The molecule has 1 aliphatic heterocycles. The normalized spacial score (nSPS) is 17.9. The van der Waals surface area contributed by atoms with Crippen molar-refractivity contribution in [3.05, 3.63) is 12.2 Å². The number of nitrogens with one attached hydrogen (secondary N) is 1. The average Bonchev–Trinajstić information content (AvgIpc) is 3.13. The summed E-state index contributed by atoms with van der Waals surface area (Å²) in [6, 6.07) is 0. The van der Waals surface area contributed by atoms with Gasteiger partial charge in [-0.2, -0.15) is 0 Å². The lowest BCUT2D eigenvalue weighted by Crippen LogP contribution is -2.43. The Balaban J connectivity index is 1.87. The number of ketones is 1. The van der Waals surface area contributed by atoms with Gasteiger partial charge in [-0.1, -0.05) is 70.4 Å². The fourth-order valence-electron chi connectivity index (χ4n) is 3.80. The Hall–Kier alpha value is -0.710. The number of aliphatic hydroxyl groups is 1. The van der Waals surface area contributed by atoms with Crippen molar-refractivity contribution in [2.75, 3.05) is 26.2 Å². The van der Waals surface area contributed by atoms with Gasteiger partial charge in [0.25, 0.3) is 0 Å². The number of carbonyl (C=O) groups is 1. The van der Waals surface area contributed by atoms with Gasteiger partial charge < -0.3 is 5.11 Å². The number of aliphatic hydroxyl groups excluding tert-OH is 1. The maximum Gasteiger partial charge on any atom is 0.164 e. The number of hydrogen-bond acceptors (Lipinski definition) is 4. The lowest BCUT2D eigenvalue weighted by molar-refractivity contribution is -0.124. The van der Waals surface area contributed by atoms with Crippen LogP contribution in [0.5, 0.6) is 0 Å². The van der Waals surface area contributed by atoms with Crippen molar-refractivity contribution in [3.63, 3.8) is 0 Å². The van der Waals surface area contributed by atoms with Crippen LogP contribution in [0.3, 0.4) is 0 Å². The molecule has 1 atom stereocenters. The minimum atomic E-state index is -0.158. The summed E-state index contributed by atoms with van der Waals surface area (Å²) in [7, 11) is 0. The van der Waals surface area contributed by atoms with Crippen LogP contribution in [-0.2, 0) is 4.79 Å². The zero-order valence-corrected chi connectivity index (χ0v) is 17.8. The van der Waals surface area contributed by atoms with Crippen molar-refractivity contribution in [2.24, 2.45) is 0 Å². The SMILES string of the molecule is CCCCCCCC/C=C\CCCCCCCC(=O)C1NCCN1CCO. The number of β-amino-alcohol motifs (C(OH)–C–C–N with tert-alkyl or cyclic N) is 1. The molecule has 1 heterocycles. The molecule has 158 valence electrons. The minimum absolute atomic E-state index is 0.124. The molecule has 1 unspecified atom stereocenters. The Morgan fingerprint density at radius 2 is 1.56 bits per heavy atom. The monoisotopic (exact) mass is 380 g/mol. The van der Waals surface area contributed by atoms with E-state index in [2.05, 4.69) is 29.3 Å². The fourth-order valence-corrected chi connectivity index (χ4v) is 3.80. The van der Waals surface area contributed by atoms with Crippen molar-refractivity contribution >= 4 is 5.78 Å². The van der Waals surface area contributed by atoms with E-state index in [0.717, 1.165) is 25.9 Å². The molecule has 27 heavy (non-hydrogen) atoms. The number of carbonyl (C=O) groups excluding carboxylic acids is 1. The molecule has 0 saturated carbocycles. The van der Waals surface area contributed by atoms with Gasteiger partial charge in [0.05, 0.1) is 6.61 Å². The molecule has 0 aromatic rings. The van der Waals surface area contributed by atoms with Crippen LogP contribution < -0.4 is 5.32 Å². The Labute approximate surface area is 167 Å². The van der Waals surface area contributed by atoms with E-state index in [1.54, 1.807) is 0 Å². The molecule has 0 aromatic carbocycles. The number of unbranched alkanes of at least 4 members (excludes halogenated alkanes) is 11. The van der Waals surface area contributed by atoms with E-state index in [9.17, 15) is 4.79 Å². The van der Waals surface area contributed by atoms with Crippen LogP contribution in [0.1, 0.15) is 96.8 Å². The highest BCUT2D eigenvalue weighted by Crippen LogP contribution is 2.12. The van der Waals surface area contributed by atoms with E-state index in [1.807, 2.05) is 0 Å². The lowest BCUT2D eigenvalue weighted by atomic mass is 10.1. The van der Waals surface area contributed by atoms with Crippen molar-refractivity contribution in [2.45, 2.75) is 103 Å². The predicted octanol–water partition coefficient (Wildman–Crippen LogP) is 4.82. The summed E-state index contributed by atoms with van der Waals surface area (Å²) in [5, 5.41) is 12.3. The van der Waals surface area contributed by atoms with E-state index < -0.39 is 0 Å². The molecule has 0 aliphatic carbocycles. The van der Waals surface area contributed by atoms with Crippen LogP contribution >= 0.6 is 0 Å². The van der Waals surface area contributed by atoms with Crippen LogP contribution in [0.4, 0.5) is 0 Å². The van der Waals surface area contributed by atoms with Gasteiger partial charge >= 0.3 is 0 Å². The topological polar surface area (TPSA) is 52.6 Å². The first-order valence-electron chi connectivity index (χ1n) is 11.6. The van der Waals surface area contributed by atoms with E-state index >= 15 is 0 Å². The Bertz CT molecular complexity index is 385. The maximum atomic E-state index is 12.3. The molecule has 0 aromatic heterocycles. The van der Waals surface area contributed by atoms with Crippen LogP contribution in [0.25, 0.3) is 0 Å². The summed E-state index contributed by atoms with van der Waals surface area (Å²) in [6.07, 6.45) is 21.9. The Morgan fingerprint density at radius 1 is 0.963 bits per heavy atom. The average molecular weight is 381 g/mol. The van der Waals surface area contributed by atoms with Crippen molar-refractivity contribution in [3.8, 4) is 0 Å². The molecule has 1 rings (SSSR count). The first-order chi connectivity index (χ1) is 13.3. The quantitative estimate of drug-likeness (QED) is 0.264. The highest BCUT2D eigenvalue weighted by atomic mass is 16.3. The van der Waals surface area contributed by atoms with E-state index in [0.29, 0.717) is 18.7 Å². The van der Waals surface area contributed by atoms with E-state index in [-0.39, 0.29) is 12.8 Å². The van der Waals surface area contributed by atoms with Gasteiger partial charge in [-0.15, -0.1) is 0 Å². The van der Waals surface area contributed by atoms with Crippen molar-refractivity contribution in [1.29, 1.82) is 0 Å². The second-order valence-electron chi connectivity index (χ2n) is 7.92. The third-order valence-electron chi connectivity index (χ3n) is 5.48. The molecular weight excluding hydrogens is 336 g/mol. The van der Waals surface area contributed by atoms with Crippen LogP contribution in [0, 0.1) is 0 Å². The number of hydrogen-bond donors (Lipinski definition) is 2. The van der Waals surface area contributed by atoms with Gasteiger partial charge in [-0.25, -0.2) is 0 Å². The Kier molecular flexibility index (Phi) is 15.7. The molecule has 1 saturated heterocycles. The largest absolute Gasteiger partial charge is 0.395 e. The minimum Gasteiger partial charge on any atom is -0.395 e. The van der Waals surface area contributed by atoms with Gasteiger partial charge in [-0.3, -0.25) is 15.0 Å². The van der Waals surface area contributed by atoms with Crippen molar-refractivity contribution < 1.29 is 9.90 Å². The molecule has 4 nitrogen and oxygen atoms in total. The summed E-state index contributed by atoms with van der Waals surface area (Å²) in [4.78, 5) is 14.3. The number of Topliss-reactive ketones (excluding diaryl/α,β-unsaturated/α-hetero) is 1. The van der Waals surface area contributed by atoms with Crippen molar-refractivity contribution in [1.82, 2.24) is 10.2 Å². The molecule has 1 fully saturated rings. The van der Waals surface area contributed by atoms with Gasteiger partial charge in [-0.05, 0) is 32.1 Å². The summed E-state index contributed by atoms with van der Waals surface area (Å²) in [5.74, 6) is 0.290. The second kappa shape index (κ2) is 17.4. The number of rotatable bonds is 18. The second-order valence-corrected chi connectivity index (χ2v) is 7.92. The smallest absolute Gasteiger partial charge is 0.164 e. The van der Waals surface area contributed by atoms with Crippen LogP contribution in [-0.4, -0.2) is 48.2 Å². The summed E-state index contributed by atoms with van der Waals surface area (Å²) in [5.41, 5.74) is 0. The highest BCUT2D eigenvalue weighted by molar-refractivity contribution is 5.83. The fraction of sp³-hybridized carbons (Fsp3) is 0.870. The molecule has 4 heteroatoms. The number of allylic oxidation sites excluding steroid dienone is 2. The molecule has 0 spiro atoms. The molecule has 2 N–H and O–H groups in total. The van der Waals surface area contributed by atoms with Gasteiger partial charge in [0.1, 0.15) is 6.17 Å². The summed E-state index contributed by atoms with van der Waals surface area (Å²) in [6.45, 7) is 4.70. The molecule has 0 bridgehead atoms. The van der Waals surface area contributed by atoms with Crippen LogP contribution in [0.2, 0.25) is 0 Å². The van der Waals surface area contributed by atoms with Gasteiger partial charge in [0, 0.05) is 26.1 Å². The first kappa shape index (κ1) is 24.3. The molecule has 0 radical (unpaired) electrons. The van der Waals surface area contributed by atoms with Gasteiger partial charge in [0.2, 0.25) is 0 Å². The third kappa shape index (κ3) is 12.4. The van der Waals surface area contributed by atoms with Crippen LogP contribution in [0.15, 0.2) is 12.2 Å². The van der Waals surface area contributed by atoms with E-state index in [1.165, 1.54) is 70.6 Å². The molecule has 0 amide bonds. The van der Waals surface area contributed by atoms with Gasteiger partial charge in [0.15, 0.2) is 5.78 Å². The third-order valence-corrected chi connectivity index (χ3v) is 5.48. The zero-order valence-electron chi connectivity index (χ0n) is 17.8. The molecule has 1 aliphatic rings. The Morgan fingerprint density at radius 3 is 2.19 bits per heavy atom. The summed E-state index contributed by atoms with van der Waals surface area (Å²) >= 11 is 0.